The predicted molar refractivity (Wildman–Crippen MR) is 68.7 cm³/mol. The fourth-order valence-corrected chi connectivity index (χ4v) is 3.68. The zero-order valence-electron chi connectivity index (χ0n) is 10.8. The number of imidazole rings is 1. The maximum atomic E-state index is 12.3. The number of hydrogen-bond donors (Lipinski definition) is 1. The van der Waals surface area contributed by atoms with Crippen LogP contribution >= 0.6 is 0 Å². The molecule has 18 heavy (non-hydrogen) atoms. The van der Waals surface area contributed by atoms with Gasteiger partial charge in [0.25, 0.3) is 10.0 Å². The molecule has 2 heterocycles. The summed E-state index contributed by atoms with van der Waals surface area (Å²) in [7, 11) is -1.64. The van der Waals surface area contributed by atoms with Crippen LogP contribution in [-0.2, 0) is 17.1 Å². The van der Waals surface area contributed by atoms with E-state index in [0.717, 1.165) is 19.4 Å². The number of nitrogens with one attached hydrogen (secondary N) is 1. The zero-order chi connectivity index (χ0) is 13.2. The van der Waals surface area contributed by atoms with Crippen molar-refractivity contribution in [3.8, 4) is 0 Å². The molecule has 0 aliphatic carbocycles. The van der Waals surface area contributed by atoms with Gasteiger partial charge in [0.15, 0.2) is 5.03 Å². The standard InChI is InChI=1S/C11H20N4O2S/c1-3-12-10-4-6-15(7-5-10)18(16,17)11-8-14(2)9-13-11/h8-10,12H,3-7H2,1-2H3. The average molecular weight is 272 g/mol. The largest absolute Gasteiger partial charge is 0.339 e. The first kappa shape index (κ1) is 13.5. The maximum Gasteiger partial charge on any atom is 0.262 e. The van der Waals surface area contributed by atoms with Gasteiger partial charge in [-0.25, -0.2) is 13.4 Å². The molecule has 1 aliphatic heterocycles. The van der Waals surface area contributed by atoms with Gasteiger partial charge in [0.2, 0.25) is 0 Å². The SMILES string of the molecule is CCNC1CCN(S(=O)(=O)c2cn(C)cn2)CC1. The first-order valence-electron chi connectivity index (χ1n) is 6.25. The van der Waals surface area contributed by atoms with Crippen LogP contribution in [0, 0.1) is 0 Å². The average Bonchev–Trinajstić information content (AvgIpc) is 2.78. The summed E-state index contributed by atoms with van der Waals surface area (Å²) in [5.41, 5.74) is 0. The smallest absolute Gasteiger partial charge is 0.262 e. The van der Waals surface area contributed by atoms with Gasteiger partial charge in [-0.3, -0.25) is 0 Å². The van der Waals surface area contributed by atoms with Gasteiger partial charge < -0.3 is 9.88 Å². The van der Waals surface area contributed by atoms with Gasteiger partial charge in [0, 0.05) is 32.4 Å². The Morgan fingerprint density at radius 3 is 2.61 bits per heavy atom. The highest BCUT2D eigenvalue weighted by atomic mass is 32.2. The molecule has 1 saturated heterocycles. The molecule has 0 unspecified atom stereocenters. The van der Waals surface area contributed by atoms with Crippen molar-refractivity contribution in [2.24, 2.45) is 7.05 Å². The molecule has 0 aromatic carbocycles. The van der Waals surface area contributed by atoms with Crippen molar-refractivity contribution in [2.75, 3.05) is 19.6 Å². The van der Waals surface area contributed by atoms with Crippen LogP contribution in [0.1, 0.15) is 19.8 Å². The molecule has 0 spiro atoms. The number of aromatic nitrogens is 2. The molecule has 7 heteroatoms. The summed E-state index contributed by atoms with van der Waals surface area (Å²) < 4.78 is 27.8. The minimum absolute atomic E-state index is 0.145. The third-order valence-corrected chi connectivity index (χ3v) is 5.02. The maximum absolute atomic E-state index is 12.3. The third-order valence-electron chi connectivity index (χ3n) is 3.23. The summed E-state index contributed by atoms with van der Waals surface area (Å²) in [6.07, 6.45) is 4.78. The first-order chi connectivity index (χ1) is 8.54. The minimum atomic E-state index is -3.41. The van der Waals surface area contributed by atoms with Crippen LogP contribution in [0.5, 0.6) is 0 Å². The number of sulfonamides is 1. The van der Waals surface area contributed by atoms with Crippen molar-refractivity contribution < 1.29 is 8.42 Å². The van der Waals surface area contributed by atoms with Crippen LogP contribution in [0.4, 0.5) is 0 Å². The van der Waals surface area contributed by atoms with Crippen LogP contribution in [0.15, 0.2) is 17.6 Å². The Labute approximate surface area is 108 Å². The number of aryl methyl sites for hydroxylation is 1. The molecule has 1 aromatic rings. The monoisotopic (exact) mass is 272 g/mol. The molecule has 0 radical (unpaired) electrons. The second-order valence-corrected chi connectivity index (χ2v) is 6.50. The van der Waals surface area contributed by atoms with Crippen molar-refractivity contribution in [3.63, 3.8) is 0 Å². The van der Waals surface area contributed by atoms with Gasteiger partial charge in [-0.15, -0.1) is 0 Å². The lowest BCUT2D eigenvalue weighted by atomic mass is 10.1. The van der Waals surface area contributed by atoms with E-state index >= 15 is 0 Å². The molecule has 1 aromatic heterocycles. The zero-order valence-corrected chi connectivity index (χ0v) is 11.7. The van der Waals surface area contributed by atoms with Crippen molar-refractivity contribution in [1.29, 1.82) is 0 Å². The molecule has 102 valence electrons. The van der Waals surface area contributed by atoms with Crippen LogP contribution in [-0.4, -0.2) is 48.0 Å². The number of nitrogens with zero attached hydrogens (tertiary/aromatic N) is 3. The Bertz CT molecular complexity index is 489. The van der Waals surface area contributed by atoms with E-state index < -0.39 is 10.0 Å². The number of rotatable bonds is 4. The van der Waals surface area contributed by atoms with Crippen LogP contribution in [0.25, 0.3) is 0 Å². The summed E-state index contributed by atoms with van der Waals surface area (Å²) in [4.78, 5) is 3.94. The van der Waals surface area contributed by atoms with E-state index in [-0.39, 0.29) is 5.03 Å². The lowest BCUT2D eigenvalue weighted by Gasteiger charge is -2.30. The van der Waals surface area contributed by atoms with Gasteiger partial charge in [-0.2, -0.15) is 4.31 Å². The van der Waals surface area contributed by atoms with Crippen LogP contribution < -0.4 is 5.32 Å². The summed E-state index contributed by atoms with van der Waals surface area (Å²) >= 11 is 0. The molecule has 0 amide bonds. The minimum Gasteiger partial charge on any atom is -0.339 e. The molecule has 2 rings (SSSR count). The highest BCUT2D eigenvalue weighted by Gasteiger charge is 2.30. The Balaban J connectivity index is 2.05. The van der Waals surface area contributed by atoms with E-state index in [1.54, 1.807) is 17.8 Å². The molecular formula is C11H20N4O2S. The molecule has 0 bridgehead atoms. The van der Waals surface area contributed by atoms with Gasteiger partial charge >= 0.3 is 0 Å². The summed E-state index contributed by atoms with van der Waals surface area (Å²) in [5, 5.41) is 3.50. The molecule has 0 saturated carbocycles. The lowest BCUT2D eigenvalue weighted by Crippen LogP contribution is -2.44. The molecule has 1 fully saturated rings. The summed E-state index contributed by atoms with van der Waals surface area (Å²) in [5.74, 6) is 0. The third kappa shape index (κ3) is 2.73. The molecule has 0 atom stereocenters. The van der Waals surface area contributed by atoms with Crippen LogP contribution in [0.2, 0.25) is 0 Å². The molecule has 6 nitrogen and oxygen atoms in total. The number of piperidine rings is 1. The van der Waals surface area contributed by atoms with E-state index in [9.17, 15) is 8.42 Å². The molecule has 1 aliphatic rings. The van der Waals surface area contributed by atoms with E-state index in [2.05, 4.69) is 17.2 Å². The summed E-state index contributed by atoms with van der Waals surface area (Å²) in [6, 6.07) is 0.435. The summed E-state index contributed by atoms with van der Waals surface area (Å²) in [6.45, 7) is 4.13. The molecule has 1 N–H and O–H groups in total. The Kier molecular flexibility index (Phi) is 4.04. The van der Waals surface area contributed by atoms with Gasteiger partial charge in [-0.1, -0.05) is 6.92 Å². The van der Waals surface area contributed by atoms with E-state index in [4.69, 9.17) is 0 Å². The fraction of sp³-hybridized carbons (Fsp3) is 0.727. The quantitative estimate of drug-likeness (QED) is 0.849. The van der Waals surface area contributed by atoms with Crippen molar-refractivity contribution in [2.45, 2.75) is 30.8 Å². The fourth-order valence-electron chi connectivity index (χ4n) is 2.24. The van der Waals surface area contributed by atoms with Crippen molar-refractivity contribution in [1.82, 2.24) is 19.2 Å². The van der Waals surface area contributed by atoms with Crippen molar-refractivity contribution >= 4 is 10.0 Å². The topological polar surface area (TPSA) is 67.2 Å². The van der Waals surface area contributed by atoms with Gasteiger partial charge in [0.05, 0.1) is 6.33 Å². The van der Waals surface area contributed by atoms with E-state index in [1.165, 1.54) is 10.6 Å². The predicted octanol–water partition coefficient (Wildman–Crippen LogP) is 0.183. The van der Waals surface area contributed by atoms with Gasteiger partial charge in [-0.05, 0) is 19.4 Å². The Morgan fingerprint density at radius 1 is 1.44 bits per heavy atom. The van der Waals surface area contributed by atoms with Gasteiger partial charge in [0.1, 0.15) is 0 Å². The molecular weight excluding hydrogens is 252 g/mol. The van der Waals surface area contributed by atoms with E-state index in [0.29, 0.717) is 19.1 Å². The number of hydrogen-bond acceptors (Lipinski definition) is 4. The second-order valence-electron chi connectivity index (χ2n) is 4.61. The van der Waals surface area contributed by atoms with E-state index in [1.807, 2.05) is 0 Å². The Hall–Kier alpha value is -0.920. The van der Waals surface area contributed by atoms with Crippen molar-refractivity contribution in [3.05, 3.63) is 12.5 Å². The lowest BCUT2D eigenvalue weighted by molar-refractivity contribution is 0.291. The van der Waals surface area contributed by atoms with Crippen LogP contribution in [0.3, 0.4) is 0 Å². The normalized spacial score (nSPS) is 19.2. The highest BCUT2D eigenvalue weighted by Crippen LogP contribution is 2.19. The second kappa shape index (κ2) is 5.38. The first-order valence-corrected chi connectivity index (χ1v) is 7.69. The highest BCUT2D eigenvalue weighted by molar-refractivity contribution is 7.89. The Morgan fingerprint density at radius 2 is 2.11 bits per heavy atom.